The SMILES string of the molecule is O=C(Cn1cc(S(=O)(=O)N2CCCC2)ccc1=O)c1ccc(-c2ccc(Cl)cc2)cc1. The Hall–Kier alpha value is -2.74. The Morgan fingerprint density at radius 3 is 2.06 bits per heavy atom. The number of halogens is 1. The highest BCUT2D eigenvalue weighted by Gasteiger charge is 2.27. The van der Waals surface area contributed by atoms with Crippen LogP contribution < -0.4 is 5.56 Å². The predicted molar refractivity (Wildman–Crippen MR) is 120 cm³/mol. The van der Waals surface area contributed by atoms with E-state index in [1.54, 1.807) is 24.3 Å². The standard InChI is InChI=1S/C23H21ClN2O4S/c24-20-9-7-18(8-10-20)17-3-5-19(6-4-17)22(27)16-25-15-21(11-12-23(25)28)31(29,30)26-13-1-2-14-26/h3-12,15H,1-2,13-14,16H2. The summed E-state index contributed by atoms with van der Waals surface area (Å²) in [5.41, 5.74) is 1.92. The Morgan fingerprint density at radius 2 is 1.45 bits per heavy atom. The lowest BCUT2D eigenvalue weighted by Gasteiger charge is -2.16. The molecule has 4 rings (SSSR count). The molecule has 3 aromatic rings. The van der Waals surface area contributed by atoms with Gasteiger partial charge in [-0.25, -0.2) is 8.42 Å². The fourth-order valence-corrected chi connectivity index (χ4v) is 5.26. The third-order valence-electron chi connectivity index (χ3n) is 5.36. The fraction of sp³-hybridized carbons (Fsp3) is 0.217. The summed E-state index contributed by atoms with van der Waals surface area (Å²) >= 11 is 5.92. The Balaban J connectivity index is 1.54. The number of carbonyl (C=O) groups excluding carboxylic acids is 1. The van der Waals surface area contributed by atoms with Crippen LogP contribution in [-0.4, -0.2) is 36.2 Å². The van der Waals surface area contributed by atoms with Gasteiger partial charge in [0.2, 0.25) is 10.0 Å². The number of aromatic nitrogens is 1. The van der Waals surface area contributed by atoms with Crippen molar-refractivity contribution >= 4 is 27.4 Å². The van der Waals surface area contributed by atoms with Crippen LogP contribution in [0.2, 0.25) is 5.02 Å². The van der Waals surface area contributed by atoms with Crippen molar-refractivity contribution in [1.82, 2.24) is 8.87 Å². The van der Waals surface area contributed by atoms with Gasteiger partial charge in [-0.05, 0) is 42.2 Å². The van der Waals surface area contributed by atoms with Gasteiger partial charge in [0.05, 0.1) is 11.4 Å². The minimum Gasteiger partial charge on any atom is -0.306 e. The van der Waals surface area contributed by atoms with Gasteiger partial charge in [-0.15, -0.1) is 0 Å². The Bertz CT molecular complexity index is 1260. The maximum atomic E-state index is 12.8. The zero-order valence-electron chi connectivity index (χ0n) is 16.7. The lowest BCUT2D eigenvalue weighted by Crippen LogP contribution is -2.30. The largest absolute Gasteiger partial charge is 0.306 e. The molecule has 0 N–H and O–H groups in total. The lowest BCUT2D eigenvalue weighted by molar-refractivity contribution is 0.0970. The van der Waals surface area contributed by atoms with Crippen molar-refractivity contribution in [3.05, 3.63) is 87.8 Å². The summed E-state index contributed by atoms with van der Waals surface area (Å²) in [7, 11) is -3.66. The fourth-order valence-electron chi connectivity index (χ4n) is 3.60. The molecule has 1 saturated heterocycles. The first-order chi connectivity index (χ1) is 14.8. The van der Waals surface area contributed by atoms with Crippen molar-refractivity contribution in [1.29, 1.82) is 0 Å². The highest BCUT2D eigenvalue weighted by atomic mass is 35.5. The van der Waals surface area contributed by atoms with Crippen molar-refractivity contribution < 1.29 is 13.2 Å². The highest BCUT2D eigenvalue weighted by molar-refractivity contribution is 7.89. The summed E-state index contributed by atoms with van der Waals surface area (Å²) < 4.78 is 28.1. The molecule has 160 valence electrons. The second-order valence-electron chi connectivity index (χ2n) is 7.45. The Morgan fingerprint density at radius 1 is 0.871 bits per heavy atom. The number of Topliss-reactive ketones (excluding diaryl/α,β-unsaturated/α-hetero) is 1. The minimum atomic E-state index is -3.66. The third kappa shape index (κ3) is 4.63. The number of benzene rings is 2. The van der Waals surface area contributed by atoms with Crippen LogP contribution in [0.4, 0.5) is 0 Å². The van der Waals surface area contributed by atoms with Crippen LogP contribution in [-0.2, 0) is 16.6 Å². The van der Waals surface area contributed by atoms with E-state index in [9.17, 15) is 18.0 Å². The molecule has 2 aromatic carbocycles. The van der Waals surface area contributed by atoms with E-state index in [-0.39, 0.29) is 17.2 Å². The number of hydrogen-bond donors (Lipinski definition) is 0. The number of pyridine rings is 1. The second kappa shape index (κ2) is 8.78. The zero-order valence-corrected chi connectivity index (χ0v) is 18.3. The van der Waals surface area contributed by atoms with E-state index in [0.717, 1.165) is 28.5 Å². The summed E-state index contributed by atoms with van der Waals surface area (Å²) in [6, 6.07) is 16.9. The molecule has 0 unspecified atom stereocenters. The maximum absolute atomic E-state index is 12.8. The Labute approximate surface area is 185 Å². The monoisotopic (exact) mass is 456 g/mol. The first-order valence-electron chi connectivity index (χ1n) is 9.94. The van der Waals surface area contributed by atoms with Gasteiger partial charge in [-0.1, -0.05) is 48.0 Å². The number of ketones is 1. The normalized spacial score (nSPS) is 14.6. The average molecular weight is 457 g/mol. The Kier molecular flexibility index (Phi) is 6.09. The number of hydrogen-bond acceptors (Lipinski definition) is 4. The van der Waals surface area contributed by atoms with E-state index in [0.29, 0.717) is 23.7 Å². The van der Waals surface area contributed by atoms with Crippen molar-refractivity contribution in [3.63, 3.8) is 0 Å². The van der Waals surface area contributed by atoms with Crippen LogP contribution in [0.25, 0.3) is 11.1 Å². The quantitative estimate of drug-likeness (QED) is 0.528. The van der Waals surface area contributed by atoms with Crippen LogP contribution in [0.1, 0.15) is 23.2 Å². The van der Waals surface area contributed by atoms with Gasteiger partial charge in [-0.2, -0.15) is 4.31 Å². The van der Waals surface area contributed by atoms with Crippen molar-refractivity contribution in [3.8, 4) is 11.1 Å². The predicted octanol–water partition coefficient (Wildman–Crippen LogP) is 3.84. The molecule has 0 spiro atoms. The van der Waals surface area contributed by atoms with Gasteiger partial charge in [0.15, 0.2) is 5.78 Å². The van der Waals surface area contributed by atoms with E-state index < -0.39 is 15.6 Å². The van der Waals surface area contributed by atoms with Crippen LogP contribution in [0.5, 0.6) is 0 Å². The molecule has 0 radical (unpaired) electrons. The number of sulfonamides is 1. The van der Waals surface area contributed by atoms with Crippen LogP contribution >= 0.6 is 11.6 Å². The molecular weight excluding hydrogens is 436 g/mol. The molecule has 1 aliphatic heterocycles. The number of nitrogens with zero attached hydrogens (tertiary/aromatic N) is 2. The smallest absolute Gasteiger partial charge is 0.251 e. The van der Waals surface area contributed by atoms with Crippen LogP contribution in [0.3, 0.4) is 0 Å². The number of rotatable bonds is 6. The molecule has 0 aliphatic carbocycles. The molecule has 1 fully saturated rings. The third-order valence-corrected chi connectivity index (χ3v) is 7.49. The summed E-state index contributed by atoms with van der Waals surface area (Å²) in [5.74, 6) is -0.277. The van der Waals surface area contributed by atoms with E-state index in [1.807, 2.05) is 24.3 Å². The molecule has 0 amide bonds. The van der Waals surface area contributed by atoms with Gasteiger partial charge in [0.1, 0.15) is 0 Å². The minimum absolute atomic E-state index is 0.0277. The summed E-state index contributed by atoms with van der Waals surface area (Å²) in [6.45, 7) is 0.712. The molecule has 2 heterocycles. The van der Waals surface area contributed by atoms with Crippen LogP contribution in [0.15, 0.2) is 76.6 Å². The molecule has 6 nitrogen and oxygen atoms in total. The van der Waals surface area contributed by atoms with Crippen molar-refractivity contribution in [2.24, 2.45) is 0 Å². The molecule has 8 heteroatoms. The summed E-state index contributed by atoms with van der Waals surface area (Å²) in [5, 5.41) is 0.648. The first-order valence-corrected chi connectivity index (χ1v) is 11.8. The molecule has 0 bridgehead atoms. The van der Waals surface area contributed by atoms with Crippen molar-refractivity contribution in [2.45, 2.75) is 24.3 Å². The molecular formula is C23H21ClN2O4S. The van der Waals surface area contributed by atoms with Crippen LogP contribution in [0, 0.1) is 0 Å². The molecule has 0 saturated carbocycles. The topological polar surface area (TPSA) is 76.5 Å². The zero-order chi connectivity index (χ0) is 22.0. The van der Waals surface area contributed by atoms with Gasteiger partial charge >= 0.3 is 0 Å². The summed E-state index contributed by atoms with van der Waals surface area (Å²) in [4.78, 5) is 25.0. The molecule has 0 atom stereocenters. The number of carbonyl (C=O) groups is 1. The molecule has 1 aromatic heterocycles. The van der Waals surface area contributed by atoms with E-state index in [4.69, 9.17) is 11.6 Å². The van der Waals surface area contributed by atoms with Gasteiger partial charge in [0.25, 0.3) is 5.56 Å². The second-order valence-corrected chi connectivity index (χ2v) is 9.82. The van der Waals surface area contributed by atoms with Gasteiger partial charge in [0, 0.05) is 35.9 Å². The lowest BCUT2D eigenvalue weighted by atomic mass is 10.0. The average Bonchev–Trinajstić information content (AvgIpc) is 3.32. The van der Waals surface area contributed by atoms with E-state index >= 15 is 0 Å². The highest BCUT2D eigenvalue weighted by Crippen LogP contribution is 2.23. The van der Waals surface area contributed by atoms with E-state index in [1.165, 1.54) is 22.6 Å². The summed E-state index contributed by atoms with van der Waals surface area (Å²) in [6.07, 6.45) is 2.91. The van der Waals surface area contributed by atoms with Gasteiger partial charge < -0.3 is 4.57 Å². The maximum Gasteiger partial charge on any atom is 0.251 e. The van der Waals surface area contributed by atoms with E-state index in [2.05, 4.69) is 0 Å². The molecule has 31 heavy (non-hydrogen) atoms. The van der Waals surface area contributed by atoms with Crippen molar-refractivity contribution in [2.75, 3.05) is 13.1 Å². The molecule has 1 aliphatic rings. The van der Waals surface area contributed by atoms with Gasteiger partial charge in [-0.3, -0.25) is 9.59 Å². The first kappa shape index (κ1) is 21.5.